The molecule has 2 saturated heterocycles. The maximum Gasteiger partial charge on any atom is 0.253 e. The second kappa shape index (κ2) is 7.31. The molecule has 4 rings (SSSR count). The summed E-state index contributed by atoms with van der Waals surface area (Å²) in [5.41, 5.74) is 1.34. The minimum absolute atomic E-state index is 0.00499. The number of nitrogens with zero attached hydrogens (tertiary/aromatic N) is 2. The SMILES string of the molecule is O=C(N[C@@H]1C[C@H]2CO[C@@H](c3ccc(Cl)cc3)CN2C1)c1cncc(F)c1. The van der Waals surface area contributed by atoms with Crippen LogP contribution in [0.15, 0.2) is 42.7 Å². The van der Waals surface area contributed by atoms with Crippen LogP contribution in [0.4, 0.5) is 4.39 Å². The van der Waals surface area contributed by atoms with E-state index < -0.39 is 5.82 Å². The predicted octanol–water partition coefficient (Wildman–Crippen LogP) is 2.82. The molecule has 0 aliphatic carbocycles. The third kappa shape index (κ3) is 3.72. The van der Waals surface area contributed by atoms with E-state index in [1.54, 1.807) is 0 Å². The first-order chi connectivity index (χ1) is 12.6. The van der Waals surface area contributed by atoms with Crippen LogP contribution in [0.25, 0.3) is 0 Å². The van der Waals surface area contributed by atoms with Gasteiger partial charge in [-0.15, -0.1) is 0 Å². The molecule has 1 aromatic carbocycles. The molecule has 1 N–H and O–H groups in total. The molecule has 26 heavy (non-hydrogen) atoms. The Morgan fingerprint density at radius 2 is 2.08 bits per heavy atom. The van der Waals surface area contributed by atoms with Gasteiger partial charge in [-0.25, -0.2) is 4.39 Å². The highest BCUT2D eigenvalue weighted by Gasteiger charge is 2.38. The number of halogens is 2. The number of rotatable bonds is 3. The molecule has 2 aliphatic heterocycles. The number of benzene rings is 1. The molecule has 2 aliphatic rings. The van der Waals surface area contributed by atoms with Crippen LogP contribution in [-0.4, -0.2) is 47.6 Å². The van der Waals surface area contributed by atoms with Crippen LogP contribution in [0.1, 0.15) is 28.4 Å². The zero-order valence-corrected chi connectivity index (χ0v) is 14.8. The van der Waals surface area contributed by atoms with Gasteiger partial charge in [0.25, 0.3) is 5.91 Å². The summed E-state index contributed by atoms with van der Waals surface area (Å²) in [6, 6.07) is 9.21. The van der Waals surface area contributed by atoms with Crippen molar-refractivity contribution in [1.82, 2.24) is 15.2 Å². The highest BCUT2D eigenvalue weighted by atomic mass is 35.5. The summed E-state index contributed by atoms with van der Waals surface area (Å²) in [5.74, 6) is -0.808. The van der Waals surface area contributed by atoms with E-state index in [4.69, 9.17) is 16.3 Å². The number of ether oxygens (including phenoxy) is 1. The van der Waals surface area contributed by atoms with E-state index in [1.165, 1.54) is 12.3 Å². The average molecular weight is 376 g/mol. The van der Waals surface area contributed by atoms with Crippen LogP contribution >= 0.6 is 11.6 Å². The van der Waals surface area contributed by atoms with Crippen molar-refractivity contribution < 1.29 is 13.9 Å². The lowest BCUT2D eigenvalue weighted by atomic mass is 10.1. The van der Waals surface area contributed by atoms with Gasteiger partial charge in [0.05, 0.1) is 24.5 Å². The Morgan fingerprint density at radius 3 is 2.85 bits per heavy atom. The fourth-order valence-electron chi connectivity index (χ4n) is 3.66. The molecule has 1 amide bonds. The zero-order chi connectivity index (χ0) is 18.1. The van der Waals surface area contributed by atoms with Gasteiger partial charge in [-0.1, -0.05) is 23.7 Å². The third-order valence-electron chi connectivity index (χ3n) is 4.96. The Hall–Kier alpha value is -2.02. The van der Waals surface area contributed by atoms with E-state index in [-0.39, 0.29) is 29.7 Å². The van der Waals surface area contributed by atoms with Crippen LogP contribution in [0.3, 0.4) is 0 Å². The van der Waals surface area contributed by atoms with Gasteiger partial charge in [-0.3, -0.25) is 14.7 Å². The maximum absolute atomic E-state index is 13.2. The van der Waals surface area contributed by atoms with Gasteiger partial charge >= 0.3 is 0 Å². The molecule has 2 aromatic rings. The van der Waals surface area contributed by atoms with Crippen LogP contribution in [-0.2, 0) is 4.74 Å². The number of carbonyl (C=O) groups is 1. The molecule has 0 saturated carbocycles. The number of morpholine rings is 1. The maximum atomic E-state index is 13.2. The van der Waals surface area contributed by atoms with E-state index >= 15 is 0 Å². The normalized spacial score (nSPS) is 25.7. The van der Waals surface area contributed by atoms with E-state index in [0.29, 0.717) is 11.6 Å². The standard InChI is InChI=1S/C19H19ClFN3O2/c20-14-3-1-12(2-4-14)18-10-24-9-16(6-17(24)11-26-18)23-19(25)13-5-15(21)8-22-7-13/h1-5,7-8,16-18H,6,9-11H2,(H,23,25)/t16-,17+,18-/m1/s1. The number of pyridine rings is 1. The van der Waals surface area contributed by atoms with Crippen LogP contribution in [0.5, 0.6) is 0 Å². The number of aromatic nitrogens is 1. The molecule has 5 nitrogen and oxygen atoms in total. The minimum Gasteiger partial charge on any atom is -0.371 e. The van der Waals surface area contributed by atoms with Crippen molar-refractivity contribution in [1.29, 1.82) is 0 Å². The highest BCUT2D eigenvalue weighted by molar-refractivity contribution is 6.30. The number of hydrogen-bond acceptors (Lipinski definition) is 4. The molecular weight excluding hydrogens is 357 g/mol. The lowest BCUT2D eigenvalue weighted by molar-refractivity contribution is -0.0502. The van der Waals surface area contributed by atoms with Gasteiger partial charge in [0.2, 0.25) is 0 Å². The van der Waals surface area contributed by atoms with Gasteiger partial charge in [-0.2, -0.15) is 0 Å². The van der Waals surface area contributed by atoms with Crippen molar-refractivity contribution in [2.75, 3.05) is 19.7 Å². The Balaban J connectivity index is 1.37. The molecule has 7 heteroatoms. The Morgan fingerprint density at radius 1 is 1.27 bits per heavy atom. The molecule has 0 unspecified atom stereocenters. The molecular formula is C19H19ClFN3O2. The van der Waals surface area contributed by atoms with Crippen LogP contribution < -0.4 is 5.32 Å². The van der Waals surface area contributed by atoms with Crippen molar-refractivity contribution >= 4 is 17.5 Å². The zero-order valence-electron chi connectivity index (χ0n) is 14.1. The first-order valence-electron chi connectivity index (χ1n) is 8.61. The van der Waals surface area contributed by atoms with E-state index in [1.807, 2.05) is 24.3 Å². The average Bonchev–Trinajstić information content (AvgIpc) is 3.03. The summed E-state index contributed by atoms with van der Waals surface area (Å²) in [6.07, 6.45) is 3.29. The second-order valence-corrected chi connectivity index (χ2v) is 7.22. The first kappa shape index (κ1) is 17.4. The molecule has 2 fully saturated rings. The van der Waals surface area contributed by atoms with E-state index in [0.717, 1.165) is 31.3 Å². The molecule has 0 bridgehead atoms. The largest absolute Gasteiger partial charge is 0.371 e. The number of amides is 1. The Labute approximate surface area is 156 Å². The first-order valence-corrected chi connectivity index (χ1v) is 8.99. The predicted molar refractivity (Wildman–Crippen MR) is 95.6 cm³/mol. The van der Waals surface area contributed by atoms with Gasteiger partial charge in [0, 0.05) is 36.4 Å². The molecule has 1 aromatic heterocycles. The number of carbonyl (C=O) groups excluding carboxylic acids is 1. The highest BCUT2D eigenvalue weighted by Crippen LogP contribution is 2.30. The lowest BCUT2D eigenvalue weighted by Crippen LogP contribution is -2.43. The third-order valence-corrected chi connectivity index (χ3v) is 5.21. The monoisotopic (exact) mass is 375 g/mol. The number of fused-ring (bicyclic) bond motifs is 1. The van der Waals surface area contributed by atoms with Crippen LogP contribution in [0.2, 0.25) is 5.02 Å². The fraction of sp³-hybridized carbons (Fsp3) is 0.368. The van der Waals surface area contributed by atoms with E-state index in [2.05, 4.69) is 15.2 Å². The summed E-state index contributed by atoms with van der Waals surface area (Å²) in [4.78, 5) is 18.4. The summed E-state index contributed by atoms with van der Waals surface area (Å²) in [6.45, 7) is 2.16. The quantitative estimate of drug-likeness (QED) is 0.896. The second-order valence-electron chi connectivity index (χ2n) is 6.78. The molecule has 136 valence electrons. The fourth-order valence-corrected chi connectivity index (χ4v) is 3.79. The molecule has 3 heterocycles. The smallest absolute Gasteiger partial charge is 0.253 e. The van der Waals surface area contributed by atoms with Crippen molar-refractivity contribution in [2.24, 2.45) is 0 Å². The van der Waals surface area contributed by atoms with E-state index in [9.17, 15) is 9.18 Å². The number of nitrogens with one attached hydrogen (secondary N) is 1. The van der Waals surface area contributed by atoms with Gasteiger partial charge < -0.3 is 10.1 Å². The van der Waals surface area contributed by atoms with Crippen LogP contribution in [0, 0.1) is 5.82 Å². The number of hydrogen-bond donors (Lipinski definition) is 1. The summed E-state index contributed by atoms with van der Waals surface area (Å²) < 4.78 is 19.3. The van der Waals surface area contributed by atoms with Gasteiger partial charge in [-0.05, 0) is 30.2 Å². The van der Waals surface area contributed by atoms with Crippen molar-refractivity contribution in [2.45, 2.75) is 24.6 Å². The summed E-state index contributed by atoms with van der Waals surface area (Å²) >= 11 is 5.95. The lowest BCUT2D eigenvalue weighted by Gasteiger charge is -2.35. The Bertz CT molecular complexity index is 802. The topological polar surface area (TPSA) is 54.5 Å². The summed E-state index contributed by atoms with van der Waals surface area (Å²) in [7, 11) is 0. The van der Waals surface area contributed by atoms with Crippen molar-refractivity contribution in [3.63, 3.8) is 0 Å². The molecule has 0 spiro atoms. The summed E-state index contributed by atoms with van der Waals surface area (Å²) in [5, 5.41) is 3.69. The molecule has 0 radical (unpaired) electrons. The van der Waals surface area contributed by atoms with Gasteiger partial charge in [0.1, 0.15) is 5.82 Å². The molecule has 3 atom stereocenters. The Kier molecular flexibility index (Phi) is 4.89. The van der Waals surface area contributed by atoms with Crippen molar-refractivity contribution in [3.8, 4) is 0 Å². The van der Waals surface area contributed by atoms with Crippen molar-refractivity contribution in [3.05, 3.63) is 64.7 Å². The van der Waals surface area contributed by atoms with Gasteiger partial charge in [0.15, 0.2) is 0 Å². The minimum atomic E-state index is -0.513.